The van der Waals surface area contributed by atoms with Crippen LogP contribution in [-0.2, 0) is 9.59 Å². The highest BCUT2D eigenvalue weighted by Crippen LogP contribution is 2.39. The van der Waals surface area contributed by atoms with Crippen molar-refractivity contribution in [2.24, 2.45) is 0 Å². The van der Waals surface area contributed by atoms with Crippen molar-refractivity contribution in [1.29, 1.82) is 5.26 Å². The van der Waals surface area contributed by atoms with Gasteiger partial charge in [-0.05, 0) is 18.2 Å². The van der Waals surface area contributed by atoms with Crippen molar-refractivity contribution in [2.45, 2.75) is 12.3 Å². The number of rotatable bonds is 6. The second kappa shape index (κ2) is 9.11. The fourth-order valence-corrected chi connectivity index (χ4v) is 3.89. The van der Waals surface area contributed by atoms with Crippen molar-refractivity contribution in [3.63, 3.8) is 0 Å². The third-order valence-electron chi connectivity index (χ3n) is 4.28. The Morgan fingerprint density at radius 3 is 2.68 bits per heavy atom. The number of benzene rings is 2. The van der Waals surface area contributed by atoms with Gasteiger partial charge in [0.2, 0.25) is 11.8 Å². The Morgan fingerprint density at radius 1 is 1.25 bits per heavy atom. The number of allylic oxidation sites excluding steroid dienone is 1. The van der Waals surface area contributed by atoms with Crippen LogP contribution in [0.5, 0.6) is 5.75 Å². The summed E-state index contributed by atoms with van der Waals surface area (Å²) in [7, 11) is 1.56. The van der Waals surface area contributed by atoms with Crippen LogP contribution in [0, 0.1) is 11.3 Å². The van der Waals surface area contributed by atoms with E-state index in [1.165, 1.54) is 0 Å². The first-order valence-corrected chi connectivity index (χ1v) is 9.65. The van der Waals surface area contributed by atoms with Gasteiger partial charge in [0.05, 0.1) is 29.5 Å². The average molecular weight is 393 g/mol. The number of ether oxygens (including phenoxy) is 1. The third kappa shape index (κ3) is 4.53. The smallest absolute Gasteiger partial charge is 0.234 e. The first-order valence-electron chi connectivity index (χ1n) is 8.67. The van der Waals surface area contributed by atoms with Crippen molar-refractivity contribution in [3.8, 4) is 11.8 Å². The molecular weight excluding hydrogens is 374 g/mol. The summed E-state index contributed by atoms with van der Waals surface area (Å²) in [5.41, 5.74) is 1.91. The molecule has 2 N–H and O–H groups in total. The van der Waals surface area contributed by atoms with Gasteiger partial charge in [0.25, 0.3) is 0 Å². The first kappa shape index (κ1) is 19.5. The lowest BCUT2D eigenvalue weighted by molar-refractivity contribution is -0.121. The molecule has 3 rings (SSSR count). The molecule has 0 aromatic heterocycles. The quantitative estimate of drug-likeness (QED) is 0.785. The normalized spacial score (nSPS) is 16.1. The zero-order valence-electron chi connectivity index (χ0n) is 15.3. The Morgan fingerprint density at radius 2 is 1.96 bits per heavy atom. The summed E-state index contributed by atoms with van der Waals surface area (Å²) in [6, 6.07) is 18.7. The van der Waals surface area contributed by atoms with Gasteiger partial charge < -0.3 is 15.4 Å². The molecule has 0 unspecified atom stereocenters. The number of carbonyl (C=O) groups is 2. The van der Waals surface area contributed by atoms with Crippen LogP contribution in [-0.4, -0.2) is 24.7 Å². The number of methoxy groups -OCH3 is 1. The number of amides is 2. The van der Waals surface area contributed by atoms with Gasteiger partial charge in [-0.3, -0.25) is 9.59 Å². The Labute approximate surface area is 167 Å². The van der Waals surface area contributed by atoms with Gasteiger partial charge in [0, 0.05) is 23.6 Å². The molecule has 2 aromatic rings. The standard InChI is InChI=1S/C21H19N3O3S/c1-27-18-10-6-5-9-15(18)16-11-19(25)24-21(17(16)12-22)28-13-20(26)23-14-7-3-2-4-8-14/h2-10,16H,11,13H2,1H3,(H,23,26)(H,24,25)/t16-/m1/s1. The molecule has 1 aliphatic rings. The summed E-state index contributed by atoms with van der Waals surface area (Å²) in [5, 5.41) is 15.7. The van der Waals surface area contributed by atoms with Gasteiger partial charge in [-0.1, -0.05) is 48.2 Å². The largest absolute Gasteiger partial charge is 0.496 e. The van der Waals surface area contributed by atoms with Gasteiger partial charge in [-0.2, -0.15) is 5.26 Å². The summed E-state index contributed by atoms with van der Waals surface area (Å²) in [6.07, 6.45) is 0.156. The zero-order chi connectivity index (χ0) is 19.9. The number of nitrogens with zero attached hydrogens (tertiary/aromatic N) is 1. The minimum Gasteiger partial charge on any atom is -0.496 e. The lowest BCUT2D eigenvalue weighted by Gasteiger charge is -2.26. The van der Waals surface area contributed by atoms with Crippen molar-refractivity contribution in [3.05, 3.63) is 70.8 Å². The molecule has 0 radical (unpaired) electrons. The molecule has 0 bridgehead atoms. The van der Waals surface area contributed by atoms with Crippen LogP contribution in [0.2, 0.25) is 0 Å². The average Bonchev–Trinajstić information content (AvgIpc) is 2.72. The van der Waals surface area contributed by atoms with E-state index in [1.807, 2.05) is 36.4 Å². The van der Waals surface area contributed by atoms with E-state index in [2.05, 4.69) is 16.7 Å². The SMILES string of the molecule is COc1ccccc1[C@H]1CC(=O)NC(SCC(=O)Nc2ccccc2)=C1C#N. The second-order valence-corrected chi connectivity index (χ2v) is 7.09. The molecule has 0 aliphatic carbocycles. The summed E-state index contributed by atoms with van der Waals surface area (Å²) >= 11 is 1.15. The fourth-order valence-electron chi connectivity index (χ4n) is 3.01. The van der Waals surface area contributed by atoms with E-state index in [-0.39, 0.29) is 24.0 Å². The van der Waals surface area contributed by atoms with Crippen molar-refractivity contribution < 1.29 is 14.3 Å². The van der Waals surface area contributed by atoms with Crippen molar-refractivity contribution >= 4 is 29.3 Å². The molecule has 0 saturated heterocycles. The molecule has 0 saturated carbocycles. The highest BCUT2D eigenvalue weighted by Gasteiger charge is 2.31. The molecule has 28 heavy (non-hydrogen) atoms. The topological polar surface area (TPSA) is 91.2 Å². The first-order chi connectivity index (χ1) is 13.6. The Hall–Kier alpha value is -3.24. The molecule has 2 amide bonds. The van der Waals surface area contributed by atoms with Crippen LogP contribution < -0.4 is 15.4 Å². The van der Waals surface area contributed by atoms with E-state index in [9.17, 15) is 14.9 Å². The molecule has 1 heterocycles. The van der Waals surface area contributed by atoms with E-state index in [4.69, 9.17) is 4.74 Å². The number of anilines is 1. The fraction of sp³-hybridized carbons (Fsp3) is 0.190. The van der Waals surface area contributed by atoms with Crippen molar-refractivity contribution in [2.75, 3.05) is 18.2 Å². The highest BCUT2D eigenvalue weighted by molar-refractivity contribution is 8.03. The minimum atomic E-state index is -0.408. The summed E-state index contributed by atoms with van der Waals surface area (Å²) in [6.45, 7) is 0. The van der Waals surface area contributed by atoms with Gasteiger partial charge in [-0.25, -0.2) is 0 Å². The van der Waals surface area contributed by atoms with Crippen molar-refractivity contribution in [1.82, 2.24) is 5.32 Å². The predicted molar refractivity (Wildman–Crippen MR) is 109 cm³/mol. The Bertz CT molecular complexity index is 951. The molecule has 0 fully saturated rings. The third-order valence-corrected chi connectivity index (χ3v) is 5.29. The number of hydrogen-bond acceptors (Lipinski definition) is 5. The summed E-state index contributed by atoms with van der Waals surface area (Å²) in [5.74, 6) is -0.111. The Kier molecular flexibility index (Phi) is 6.35. The lowest BCUT2D eigenvalue weighted by atomic mass is 9.86. The number of nitrogens with one attached hydrogen (secondary N) is 2. The number of thioether (sulfide) groups is 1. The van der Waals surface area contributed by atoms with E-state index < -0.39 is 5.92 Å². The van der Waals surface area contributed by atoms with Gasteiger partial charge in [0.15, 0.2) is 0 Å². The minimum absolute atomic E-state index is 0.0777. The van der Waals surface area contributed by atoms with Crippen LogP contribution >= 0.6 is 11.8 Å². The van der Waals surface area contributed by atoms with Gasteiger partial charge in [-0.15, -0.1) is 0 Å². The predicted octanol–water partition coefficient (Wildman–Crippen LogP) is 3.41. The molecule has 7 heteroatoms. The van der Waals surface area contributed by atoms with Crippen LogP contribution in [0.4, 0.5) is 5.69 Å². The molecule has 2 aromatic carbocycles. The van der Waals surface area contributed by atoms with Gasteiger partial charge in [0.1, 0.15) is 5.75 Å². The maximum Gasteiger partial charge on any atom is 0.234 e. The molecule has 1 aliphatic heterocycles. The lowest BCUT2D eigenvalue weighted by Crippen LogP contribution is -2.31. The molecule has 6 nitrogen and oxygen atoms in total. The van der Waals surface area contributed by atoms with E-state index >= 15 is 0 Å². The van der Waals surface area contributed by atoms with E-state index in [1.54, 1.807) is 25.3 Å². The Balaban J connectivity index is 1.79. The number of carbonyl (C=O) groups excluding carboxylic acids is 2. The van der Waals surface area contributed by atoms with E-state index in [0.29, 0.717) is 22.0 Å². The number of hydrogen-bond donors (Lipinski definition) is 2. The molecule has 142 valence electrons. The zero-order valence-corrected chi connectivity index (χ0v) is 16.1. The monoisotopic (exact) mass is 393 g/mol. The molecule has 0 spiro atoms. The molecule has 1 atom stereocenters. The number of para-hydroxylation sites is 2. The molecular formula is C21H19N3O3S. The van der Waals surface area contributed by atoms with Crippen LogP contribution in [0.15, 0.2) is 65.2 Å². The van der Waals surface area contributed by atoms with Crippen LogP contribution in [0.1, 0.15) is 17.9 Å². The van der Waals surface area contributed by atoms with E-state index in [0.717, 1.165) is 17.3 Å². The maximum atomic E-state index is 12.2. The highest BCUT2D eigenvalue weighted by atomic mass is 32.2. The van der Waals surface area contributed by atoms with Crippen LogP contribution in [0.3, 0.4) is 0 Å². The maximum absolute atomic E-state index is 12.2. The summed E-state index contributed by atoms with van der Waals surface area (Å²) < 4.78 is 5.39. The summed E-state index contributed by atoms with van der Waals surface area (Å²) in [4.78, 5) is 24.5. The van der Waals surface area contributed by atoms with Crippen LogP contribution in [0.25, 0.3) is 0 Å². The van der Waals surface area contributed by atoms with Gasteiger partial charge >= 0.3 is 0 Å². The second-order valence-electron chi connectivity index (χ2n) is 6.10. The number of nitriles is 1.